The molecule has 0 amide bonds. The Hall–Kier alpha value is -1.22. The Morgan fingerprint density at radius 3 is 3.00 bits per heavy atom. The molecule has 2 rings (SSSR count). The molecule has 0 radical (unpaired) electrons. The van der Waals surface area contributed by atoms with Gasteiger partial charge in [0.25, 0.3) is 0 Å². The molecule has 1 N–H and O–H groups in total. The number of carbonyl (C=O) groups is 1. The Balaban J connectivity index is 2.11. The van der Waals surface area contributed by atoms with Gasteiger partial charge in [-0.1, -0.05) is 12.1 Å². The molecule has 1 fully saturated rings. The lowest BCUT2D eigenvalue weighted by Crippen LogP contribution is -2.18. The van der Waals surface area contributed by atoms with Crippen LogP contribution in [0.2, 0.25) is 0 Å². The molecule has 0 spiro atoms. The fourth-order valence-corrected chi connectivity index (χ4v) is 2.16. The molecule has 1 atom stereocenters. The molecular weight excluding hydrogens is 205 g/mol. The average molecular weight is 221 g/mol. The second-order valence-corrected chi connectivity index (χ2v) is 4.25. The van der Waals surface area contributed by atoms with Crippen LogP contribution in [0.15, 0.2) is 24.3 Å². The highest BCUT2D eigenvalue weighted by Crippen LogP contribution is 2.19. The Morgan fingerprint density at radius 1 is 1.31 bits per heavy atom. The maximum absolute atomic E-state index is 13.0. The van der Waals surface area contributed by atoms with Crippen LogP contribution in [0.5, 0.6) is 0 Å². The van der Waals surface area contributed by atoms with Crippen molar-refractivity contribution in [2.45, 2.75) is 19.3 Å². The lowest BCUT2D eigenvalue weighted by molar-refractivity contribution is 0.0909. The van der Waals surface area contributed by atoms with E-state index in [0.717, 1.165) is 32.4 Å². The van der Waals surface area contributed by atoms with Gasteiger partial charge in [-0.05, 0) is 44.5 Å². The van der Waals surface area contributed by atoms with E-state index in [4.69, 9.17) is 0 Å². The quantitative estimate of drug-likeness (QED) is 0.777. The van der Waals surface area contributed by atoms with Gasteiger partial charge in [-0.15, -0.1) is 0 Å². The molecule has 2 nitrogen and oxygen atoms in total. The number of ketones is 1. The molecule has 1 aliphatic heterocycles. The van der Waals surface area contributed by atoms with Gasteiger partial charge in [0.05, 0.1) is 0 Å². The molecule has 3 heteroatoms. The van der Waals surface area contributed by atoms with Gasteiger partial charge >= 0.3 is 0 Å². The van der Waals surface area contributed by atoms with Crippen LogP contribution >= 0.6 is 0 Å². The highest BCUT2D eigenvalue weighted by atomic mass is 19.1. The van der Waals surface area contributed by atoms with Crippen LogP contribution in [0.3, 0.4) is 0 Å². The van der Waals surface area contributed by atoms with Gasteiger partial charge in [-0.2, -0.15) is 0 Å². The molecule has 1 heterocycles. The number of hydrogen-bond acceptors (Lipinski definition) is 2. The Kier molecular flexibility index (Phi) is 3.67. The van der Waals surface area contributed by atoms with Gasteiger partial charge in [-0.25, -0.2) is 4.39 Å². The van der Waals surface area contributed by atoms with Crippen molar-refractivity contribution in [3.05, 3.63) is 35.6 Å². The second-order valence-electron chi connectivity index (χ2n) is 4.25. The van der Waals surface area contributed by atoms with Crippen LogP contribution in [0.1, 0.15) is 29.6 Å². The summed E-state index contributed by atoms with van der Waals surface area (Å²) in [4.78, 5) is 12.1. The van der Waals surface area contributed by atoms with Crippen LogP contribution in [0.25, 0.3) is 0 Å². The van der Waals surface area contributed by atoms with Crippen molar-refractivity contribution in [3.63, 3.8) is 0 Å². The number of nitrogens with one attached hydrogen (secondary N) is 1. The van der Waals surface area contributed by atoms with Gasteiger partial charge < -0.3 is 5.32 Å². The molecule has 1 aromatic carbocycles. The number of halogens is 1. The molecule has 0 aromatic heterocycles. The predicted octanol–water partition coefficient (Wildman–Crippen LogP) is 2.40. The fourth-order valence-electron chi connectivity index (χ4n) is 2.16. The topological polar surface area (TPSA) is 29.1 Å². The zero-order chi connectivity index (χ0) is 11.4. The van der Waals surface area contributed by atoms with E-state index in [9.17, 15) is 9.18 Å². The standard InChI is InChI=1S/C13H16FNO/c14-12-5-1-3-11(9-12)13(16)10-4-2-7-15-8-6-10/h1,3,5,9-10,15H,2,4,6-8H2. The lowest BCUT2D eigenvalue weighted by Gasteiger charge is -2.12. The minimum atomic E-state index is -0.336. The van der Waals surface area contributed by atoms with E-state index >= 15 is 0 Å². The van der Waals surface area contributed by atoms with E-state index in [1.54, 1.807) is 12.1 Å². The molecule has 0 bridgehead atoms. The summed E-state index contributed by atoms with van der Waals surface area (Å²) in [6.45, 7) is 1.86. The summed E-state index contributed by atoms with van der Waals surface area (Å²) >= 11 is 0. The molecule has 0 aliphatic carbocycles. The molecule has 86 valence electrons. The van der Waals surface area contributed by atoms with Crippen LogP contribution in [-0.4, -0.2) is 18.9 Å². The zero-order valence-corrected chi connectivity index (χ0v) is 9.21. The summed E-state index contributed by atoms with van der Waals surface area (Å²) in [7, 11) is 0. The molecule has 1 unspecified atom stereocenters. The van der Waals surface area contributed by atoms with Gasteiger partial charge in [0, 0.05) is 11.5 Å². The first-order chi connectivity index (χ1) is 7.77. The van der Waals surface area contributed by atoms with Crippen molar-refractivity contribution in [2.75, 3.05) is 13.1 Å². The fraction of sp³-hybridized carbons (Fsp3) is 0.462. The minimum absolute atomic E-state index is 0.0526. The average Bonchev–Trinajstić information content (AvgIpc) is 2.56. The highest BCUT2D eigenvalue weighted by molar-refractivity contribution is 5.97. The van der Waals surface area contributed by atoms with Crippen LogP contribution in [0.4, 0.5) is 4.39 Å². The van der Waals surface area contributed by atoms with Gasteiger partial charge in [0.1, 0.15) is 5.82 Å². The largest absolute Gasteiger partial charge is 0.317 e. The van der Waals surface area contributed by atoms with Crippen molar-refractivity contribution in [3.8, 4) is 0 Å². The second kappa shape index (κ2) is 5.21. The minimum Gasteiger partial charge on any atom is -0.317 e. The highest BCUT2D eigenvalue weighted by Gasteiger charge is 2.21. The van der Waals surface area contributed by atoms with Gasteiger partial charge in [0.2, 0.25) is 0 Å². The molecule has 16 heavy (non-hydrogen) atoms. The van der Waals surface area contributed by atoms with Crippen molar-refractivity contribution in [1.82, 2.24) is 5.32 Å². The Morgan fingerprint density at radius 2 is 2.19 bits per heavy atom. The van der Waals surface area contributed by atoms with Crippen molar-refractivity contribution in [1.29, 1.82) is 0 Å². The third-order valence-corrected chi connectivity index (χ3v) is 3.06. The van der Waals surface area contributed by atoms with Crippen LogP contribution < -0.4 is 5.32 Å². The number of rotatable bonds is 2. The van der Waals surface area contributed by atoms with Crippen LogP contribution in [-0.2, 0) is 0 Å². The molecule has 1 aliphatic rings. The summed E-state index contributed by atoms with van der Waals surface area (Å²) in [5.41, 5.74) is 0.506. The molecule has 0 saturated carbocycles. The Labute approximate surface area is 94.9 Å². The van der Waals surface area contributed by atoms with Gasteiger partial charge in [-0.3, -0.25) is 4.79 Å². The van der Waals surface area contributed by atoms with E-state index in [0.29, 0.717) is 5.56 Å². The third-order valence-electron chi connectivity index (χ3n) is 3.06. The first-order valence-electron chi connectivity index (χ1n) is 5.78. The normalized spacial score (nSPS) is 21.4. The summed E-state index contributed by atoms with van der Waals surface area (Å²) in [5, 5.41) is 3.27. The van der Waals surface area contributed by atoms with Crippen molar-refractivity contribution >= 4 is 5.78 Å². The van der Waals surface area contributed by atoms with Gasteiger partial charge in [0.15, 0.2) is 5.78 Å². The van der Waals surface area contributed by atoms with E-state index in [2.05, 4.69) is 5.32 Å². The van der Waals surface area contributed by atoms with E-state index in [1.165, 1.54) is 12.1 Å². The summed E-state index contributed by atoms with van der Waals surface area (Å²) in [6.07, 6.45) is 2.78. The third kappa shape index (κ3) is 2.67. The van der Waals surface area contributed by atoms with E-state index < -0.39 is 0 Å². The Bertz CT molecular complexity index is 370. The molecule has 1 aromatic rings. The number of Topliss-reactive ketones (excluding diaryl/α,β-unsaturated/α-hetero) is 1. The first kappa shape index (κ1) is 11.3. The summed E-state index contributed by atoms with van der Waals surface area (Å²) < 4.78 is 13.0. The predicted molar refractivity (Wildman–Crippen MR) is 60.9 cm³/mol. The summed E-state index contributed by atoms with van der Waals surface area (Å²) in [6, 6.07) is 5.99. The molecule has 1 saturated heterocycles. The SMILES string of the molecule is O=C(c1cccc(F)c1)C1CCCNCC1. The smallest absolute Gasteiger partial charge is 0.166 e. The van der Waals surface area contributed by atoms with Crippen molar-refractivity contribution in [2.24, 2.45) is 5.92 Å². The monoisotopic (exact) mass is 221 g/mol. The van der Waals surface area contributed by atoms with Crippen LogP contribution in [0, 0.1) is 11.7 Å². The van der Waals surface area contributed by atoms with E-state index in [-0.39, 0.29) is 17.5 Å². The number of hydrogen-bond donors (Lipinski definition) is 1. The number of carbonyl (C=O) groups excluding carboxylic acids is 1. The maximum Gasteiger partial charge on any atom is 0.166 e. The van der Waals surface area contributed by atoms with E-state index in [1.807, 2.05) is 0 Å². The maximum atomic E-state index is 13.0. The van der Waals surface area contributed by atoms with Crippen molar-refractivity contribution < 1.29 is 9.18 Å². The summed E-state index contributed by atoms with van der Waals surface area (Å²) in [5.74, 6) is -0.197. The lowest BCUT2D eigenvalue weighted by atomic mass is 9.91. The zero-order valence-electron chi connectivity index (χ0n) is 9.21. The molecular formula is C13H16FNO. The first-order valence-corrected chi connectivity index (χ1v) is 5.78. The number of benzene rings is 1.